The number of carbonyl (C=O) groups excluding carboxylic acids is 1. The highest BCUT2D eigenvalue weighted by Gasteiger charge is 2.18. The van der Waals surface area contributed by atoms with E-state index in [-0.39, 0.29) is 46.9 Å². The van der Waals surface area contributed by atoms with Crippen molar-refractivity contribution in [1.82, 2.24) is 19.4 Å². The number of methoxy groups -OCH3 is 2. The van der Waals surface area contributed by atoms with Gasteiger partial charge in [-0.3, -0.25) is 10.2 Å². The number of aromatic nitrogens is 4. The average molecular weight is 415 g/mol. The van der Waals surface area contributed by atoms with Crippen LogP contribution in [0, 0.1) is 5.41 Å². The van der Waals surface area contributed by atoms with Crippen LogP contribution in [-0.2, 0) is 6.54 Å². The van der Waals surface area contributed by atoms with E-state index in [4.69, 9.17) is 19.6 Å². The number of Topliss-reactive ketones (excluding diaryl/α,β-unsaturated/α-hetero) is 1. The van der Waals surface area contributed by atoms with Gasteiger partial charge in [0.2, 0.25) is 17.2 Å². The first-order valence-electron chi connectivity index (χ1n) is 9.58. The predicted octanol–water partition coefficient (Wildman–Crippen LogP) is 2.18. The van der Waals surface area contributed by atoms with Gasteiger partial charge in [0.15, 0.2) is 22.9 Å². The van der Waals surface area contributed by atoms with Gasteiger partial charge in [0.1, 0.15) is 6.54 Å². The molecule has 1 aromatic carbocycles. The van der Waals surface area contributed by atoms with Gasteiger partial charge in [-0.25, -0.2) is 4.68 Å². The Bertz CT molecular complexity index is 1120. The number of rotatable bonds is 9. The fourth-order valence-electron chi connectivity index (χ4n) is 3.04. The molecular formula is C20H25N5O5. The monoisotopic (exact) mass is 415 g/mol. The van der Waals surface area contributed by atoms with Crippen molar-refractivity contribution in [1.29, 1.82) is 5.41 Å². The molecule has 0 aliphatic carbocycles. The minimum absolute atomic E-state index is 0.0408. The molecule has 2 aromatic heterocycles. The van der Waals surface area contributed by atoms with Gasteiger partial charge < -0.3 is 19.3 Å². The molecule has 2 heterocycles. The molecule has 2 N–H and O–H groups in total. The Kier molecular flexibility index (Phi) is 6.24. The molecule has 0 fully saturated rings. The van der Waals surface area contributed by atoms with E-state index in [1.807, 2.05) is 13.8 Å². The first kappa shape index (κ1) is 21.2. The predicted molar refractivity (Wildman–Crippen MR) is 107 cm³/mol. The molecule has 3 aromatic rings. The number of carbonyl (C=O) groups is 1. The molecule has 0 amide bonds. The lowest BCUT2D eigenvalue weighted by Crippen LogP contribution is -2.26. The lowest BCUT2D eigenvalue weighted by Gasteiger charge is -2.14. The number of nitrogens with zero attached hydrogens (tertiary/aromatic N) is 4. The summed E-state index contributed by atoms with van der Waals surface area (Å²) >= 11 is 0. The van der Waals surface area contributed by atoms with Gasteiger partial charge in [-0.15, -0.1) is 10.2 Å². The van der Waals surface area contributed by atoms with Gasteiger partial charge in [0, 0.05) is 11.6 Å². The first-order chi connectivity index (χ1) is 14.4. The summed E-state index contributed by atoms with van der Waals surface area (Å²) < 4.78 is 18.6. The van der Waals surface area contributed by atoms with Crippen LogP contribution in [0.1, 0.15) is 37.0 Å². The summed E-state index contributed by atoms with van der Waals surface area (Å²) in [6, 6.07) is 6.15. The molecule has 0 unspecified atom stereocenters. The van der Waals surface area contributed by atoms with Crippen molar-refractivity contribution in [3.05, 3.63) is 35.4 Å². The summed E-state index contributed by atoms with van der Waals surface area (Å²) in [6.45, 7) is 3.86. The Morgan fingerprint density at radius 3 is 2.53 bits per heavy atom. The topological polar surface area (TPSA) is 124 Å². The number of hydrogen-bond acceptors (Lipinski definition) is 8. The van der Waals surface area contributed by atoms with E-state index in [0.717, 1.165) is 12.8 Å². The summed E-state index contributed by atoms with van der Waals surface area (Å²) in [7, 11) is 2.81. The van der Waals surface area contributed by atoms with E-state index in [9.17, 15) is 9.90 Å². The molecule has 0 atom stereocenters. The van der Waals surface area contributed by atoms with Gasteiger partial charge in [-0.2, -0.15) is 4.52 Å². The summed E-state index contributed by atoms with van der Waals surface area (Å²) in [6.07, 6.45) is 1.74. The molecule has 10 nitrogen and oxygen atoms in total. The van der Waals surface area contributed by atoms with Crippen LogP contribution in [-0.4, -0.2) is 50.6 Å². The highest BCUT2D eigenvalue weighted by Crippen LogP contribution is 2.37. The van der Waals surface area contributed by atoms with Crippen LogP contribution in [0.2, 0.25) is 0 Å². The lowest BCUT2D eigenvalue weighted by molar-refractivity contribution is 0.0964. The number of phenols is 1. The Morgan fingerprint density at radius 1 is 1.17 bits per heavy atom. The SMILES string of the molecule is CCC(CC)Oc1ccc2nn(CC(=O)c3cc(O)c(OC)c(OC)c3)c(=N)n2n1. The zero-order valence-electron chi connectivity index (χ0n) is 17.4. The van der Waals surface area contributed by atoms with E-state index in [1.54, 1.807) is 12.1 Å². The Hall–Kier alpha value is -3.56. The fourth-order valence-corrected chi connectivity index (χ4v) is 3.04. The van der Waals surface area contributed by atoms with Crippen molar-refractivity contribution in [3.8, 4) is 23.1 Å². The number of ether oxygens (including phenoxy) is 3. The third kappa shape index (κ3) is 4.07. The van der Waals surface area contributed by atoms with Crippen LogP contribution in [0.5, 0.6) is 23.1 Å². The molecule has 0 aliphatic heterocycles. The van der Waals surface area contributed by atoms with E-state index in [2.05, 4.69) is 10.2 Å². The van der Waals surface area contributed by atoms with Gasteiger partial charge >= 0.3 is 0 Å². The highest BCUT2D eigenvalue weighted by atomic mass is 16.5. The van der Waals surface area contributed by atoms with E-state index in [0.29, 0.717) is 11.5 Å². The van der Waals surface area contributed by atoms with Gasteiger partial charge in [-0.05, 0) is 31.0 Å². The van der Waals surface area contributed by atoms with Crippen LogP contribution in [0.4, 0.5) is 0 Å². The van der Waals surface area contributed by atoms with E-state index in [1.165, 1.54) is 35.5 Å². The maximum atomic E-state index is 12.7. The van der Waals surface area contributed by atoms with E-state index >= 15 is 0 Å². The lowest BCUT2D eigenvalue weighted by atomic mass is 10.1. The second-order valence-corrected chi connectivity index (χ2v) is 6.63. The van der Waals surface area contributed by atoms with Gasteiger partial charge in [0.05, 0.1) is 20.3 Å². The zero-order valence-corrected chi connectivity index (χ0v) is 17.4. The summed E-state index contributed by atoms with van der Waals surface area (Å²) in [5.41, 5.74) is 0.553. The standard InChI is InChI=1S/C20H25N5O5/c1-5-13(6-2)30-18-8-7-17-22-24(20(21)25(17)23-18)11-15(27)12-9-14(26)19(29-4)16(10-12)28-3/h7-10,13,21,26H,5-6,11H2,1-4H3. The van der Waals surface area contributed by atoms with Crippen LogP contribution in [0.3, 0.4) is 0 Å². The maximum absolute atomic E-state index is 12.7. The zero-order chi connectivity index (χ0) is 21.8. The number of benzene rings is 1. The normalized spacial score (nSPS) is 11.1. The van der Waals surface area contributed by atoms with Crippen molar-refractivity contribution in [2.75, 3.05) is 14.2 Å². The second-order valence-electron chi connectivity index (χ2n) is 6.63. The minimum atomic E-state index is -0.360. The number of nitrogens with one attached hydrogen (secondary N) is 1. The summed E-state index contributed by atoms with van der Waals surface area (Å²) in [5.74, 6) is 0.199. The number of phenolic OH excluding ortho intramolecular Hbond substituents is 1. The largest absolute Gasteiger partial charge is 0.504 e. The molecular weight excluding hydrogens is 390 g/mol. The third-order valence-corrected chi connectivity index (χ3v) is 4.73. The van der Waals surface area contributed by atoms with Crippen LogP contribution < -0.4 is 19.8 Å². The second kappa shape index (κ2) is 8.85. The molecule has 160 valence electrons. The first-order valence-corrected chi connectivity index (χ1v) is 9.58. The van der Waals surface area contributed by atoms with Crippen molar-refractivity contribution in [2.45, 2.75) is 39.3 Å². The average Bonchev–Trinajstić information content (AvgIpc) is 3.06. The van der Waals surface area contributed by atoms with E-state index < -0.39 is 0 Å². The number of ketones is 1. The van der Waals surface area contributed by atoms with Crippen LogP contribution >= 0.6 is 0 Å². The molecule has 0 bridgehead atoms. The van der Waals surface area contributed by atoms with Gasteiger partial charge in [0.25, 0.3) is 0 Å². The van der Waals surface area contributed by atoms with Crippen LogP contribution in [0.25, 0.3) is 5.65 Å². The molecule has 0 saturated heterocycles. The third-order valence-electron chi connectivity index (χ3n) is 4.73. The molecule has 30 heavy (non-hydrogen) atoms. The van der Waals surface area contributed by atoms with Crippen molar-refractivity contribution < 1.29 is 24.1 Å². The fraction of sp³-hybridized carbons (Fsp3) is 0.400. The van der Waals surface area contributed by atoms with Crippen molar-refractivity contribution >= 4 is 11.4 Å². The number of fused-ring (bicyclic) bond motifs is 1. The molecule has 10 heteroatoms. The van der Waals surface area contributed by atoms with Gasteiger partial charge in [-0.1, -0.05) is 13.8 Å². The Labute approximate surface area is 173 Å². The molecule has 0 radical (unpaired) electrons. The molecule has 0 spiro atoms. The molecule has 0 saturated carbocycles. The molecule has 0 aliphatic rings. The highest BCUT2D eigenvalue weighted by molar-refractivity contribution is 5.97. The van der Waals surface area contributed by atoms with Crippen LogP contribution in [0.15, 0.2) is 24.3 Å². The number of aromatic hydroxyl groups is 1. The minimum Gasteiger partial charge on any atom is -0.504 e. The van der Waals surface area contributed by atoms with Crippen molar-refractivity contribution in [3.63, 3.8) is 0 Å². The summed E-state index contributed by atoms with van der Waals surface area (Å²) in [4.78, 5) is 12.7. The Balaban J connectivity index is 1.89. The maximum Gasteiger partial charge on any atom is 0.242 e. The smallest absolute Gasteiger partial charge is 0.242 e. The van der Waals surface area contributed by atoms with Crippen molar-refractivity contribution in [2.24, 2.45) is 0 Å². The number of hydrogen-bond donors (Lipinski definition) is 2. The Morgan fingerprint density at radius 2 is 1.90 bits per heavy atom. The summed E-state index contributed by atoms with van der Waals surface area (Å²) in [5, 5.41) is 27.0. The quantitative estimate of drug-likeness (QED) is 0.513. The molecule has 3 rings (SSSR count).